The van der Waals surface area contributed by atoms with Gasteiger partial charge in [-0.05, 0) is 53.0 Å². The molecule has 0 atom stereocenters. The van der Waals surface area contributed by atoms with Crippen LogP contribution in [0.1, 0.15) is 25.0 Å². The maximum Gasteiger partial charge on any atom is 0.282 e. The lowest BCUT2D eigenvalue weighted by atomic mass is 10.1. The maximum atomic E-state index is 12.7. The number of rotatable bonds is 5. The van der Waals surface area contributed by atoms with E-state index in [1.54, 1.807) is 0 Å². The van der Waals surface area contributed by atoms with Gasteiger partial charge in [0.25, 0.3) is 6.43 Å². The first-order valence-corrected chi connectivity index (χ1v) is 10.2. The summed E-state index contributed by atoms with van der Waals surface area (Å²) < 4.78 is 58.7. The fraction of sp³-hybridized carbons (Fsp3) is 0.250. The molecule has 3 aromatic rings. The molecule has 0 saturated heterocycles. The van der Waals surface area contributed by atoms with Crippen molar-refractivity contribution in [2.45, 2.75) is 29.7 Å². The Morgan fingerprint density at radius 2 is 2.04 bits per heavy atom. The Morgan fingerprint density at radius 1 is 1.29 bits per heavy atom. The zero-order valence-electron chi connectivity index (χ0n) is 13.9. The summed E-state index contributed by atoms with van der Waals surface area (Å²) in [5.41, 5.74) is -1.00. The Morgan fingerprint density at radius 3 is 2.61 bits per heavy atom. The molecule has 28 heavy (non-hydrogen) atoms. The number of nitrogens with one attached hydrogen (secondary N) is 1. The number of benzene rings is 1. The van der Waals surface area contributed by atoms with E-state index in [2.05, 4.69) is 36.0 Å². The Kier molecular flexibility index (Phi) is 4.40. The van der Waals surface area contributed by atoms with E-state index >= 15 is 0 Å². The second-order valence-electron chi connectivity index (χ2n) is 6.26. The van der Waals surface area contributed by atoms with E-state index in [9.17, 15) is 17.2 Å². The number of nitriles is 1. The maximum absolute atomic E-state index is 12.7. The van der Waals surface area contributed by atoms with E-state index in [1.807, 2.05) is 6.07 Å². The molecule has 0 aliphatic heterocycles. The van der Waals surface area contributed by atoms with Gasteiger partial charge in [0.1, 0.15) is 22.6 Å². The standard InChI is InChI=1S/C16H10BrF2N5O3S/c17-10-6-8(28(25,26)24-16(7-20)3-4-16)5-9-13(23-27-14(9)10)11-1-2-12(15(18)19)22-21-11/h1-2,5-6,15,24H,3-4H2. The molecule has 1 saturated carbocycles. The molecule has 2 heterocycles. The lowest BCUT2D eigenvalue weighted by Gasteiger charge is -2.10. The number of hydrogen-bond acceptors (Lipinski definition) is 7. The normalized spacial score (nSPS) is 15.7. The van der Waals surface area contributed by atoms with Crippen LogP contribution in [0.4, 0.5) is 8.78 Å². The molecule has 0 amide bonds. The number of aromatic nitrogens is 3. The van der Waals surface area contributed by atoms with Crippen molar-refractivity contribution in [1.82, 2.24) is 20.1 Å². The molecule has 144 valence electrons. The Bertz CT molecular complexity index is 1220. The van der Waals surface area contributed by atoms with E-state index in [1.165, 1.54) is 18.2 Å². The summed E-state index contributed by atoms with van der Waals surface area (Å²) >= 11 is 3.24. The van der Waals surface area contributed by atoms with Crippen LogP contribution < -0.4 is 4.72 Å². The summed E-state index contributed by atoms with van der Waals surface area (Å²) in [7, 11) is -3.98. The quantitative estimate of drug-likeness (QED) is 0.607. The number of hydrogen-bond donors (Lipinski definition) is 1. The largest absolute Gasteiger partial charge is 0.354 e. The highest BCUT2D eigenvalue weighted by Crippen LogP contribution is 2.38. The topological polar surface area (TPSA) is 122 Å². The molecule has 1 N–H and O–H groups in total. The number of nitrogens with zero attached hydrogens (tertiary/aromatic N) is 4. The van der Waals surface area contributed by atoms with Crippen molar-refractivity contribution in [3.05, 3.63) is 34.4 Å². The number of fused-ring (bicyclic) bond motifs is 1. The summed E-state index contributed by atoms with van der Waals surface area (Å²) in [6.07, 6.45) is -1.88. The van der Waals surface area contributed by atoms with Gasteiger partial charge in [-0.25, -0.2) is 17.2 Å². The average molecular weight is 470 g/mol. The van der Waals surface area contributed by atoms with Gasteiger partial charge in [-0.15, -0.1) is 10.2 Å². The predicted octanol–water partition coefficient (Wildman–Crippen LogP) is 3.32. The molecule has 0 unspecified atom stereocenters. The summed E-state index contributed by atoms with van der Waals surface area (Å²) in [6.45, 7) is 0. The average Bonchev–Trinajstić information content (AvgIpc) is 3.28. The predicted molar refractivity (Wildman–Crippen MR) is 95.6 cm³/mol. The Hall–Kier alpha value is -2.49. The molecule has 0 radical (unpaired) electrons. The highest BCUT2D eigenvalue weighted by atomic mass is 79.9. The van der Waals surface area contributed by atoms with E-state index in [-0.39, 0.29) is 21.9 Å². The first-order valence-electron chi connectivity index (χ1n) is 7.91. The summed E-state index contributed by atoms with van der Waals surface area (Å²) in [5, 5.41) is 20.5. The van der Waals surface area contributed by atoms with Crippen molar-refractivity contribution in [3.63, 3.8) is 0 Å². The number of alkyl halides is 2. The molecule has 0 bridgehead atoms. The molecule has 12 heteroatoms. The van der Waals surface area contributed by atoms with Gasteiger partial charge < -0.3 is 4.52 Å². The third-order valence-electron chi connectivity index (χ3n) is 4.26. The van der Waals surface area contributed by atoms with Crippen molar-refractivity contribution in [2.24, 2.45) is 0 Å². The smallest absolute Gasteiger partial charge is 0.282 e. The summed E-state index contributed by atoms with van der Waals surface area (Å²) in [6, 6.07) is 7.03. The fourth-order valence-electron chi connectivity index (χ4n) is 2.58. The van der Waals surface area contributed by atoms with Gasteiger partial charge in [0, 0.05) is 0 Å². The van der Waals surface area contributed by atoms with E-state index < -0.39 is 27.7 Å². The zero-order valence-corrected chi connectivity index (χ0v) is 16.3. The molecule has 8 nitrogen and oxygen atoms in total. The first-order chi connectivity index (χ1) is 13.2. The third kappa shape index (κ3) is 3.25. The SMILES string of the molecule is N#CC1(NS(=O)(=O)c2cc(Br)c3onc(-c4ccc(C(F)F)nn4)c3c2)CC1. The van der Waals surface area contributed by atoms with Gasteiger partial charge in [0.05, 0.1) is 20.8 Å². The fourth-order valence-corrected chi connectivity index (χ4v) is 4.69. The van der Waals surface area contributed by atoms with Crippen LogP contribution in [0.3, 0.4) is 0 Å². The van der Waals surface area contributed by atoms with Crippen LogP contribution in [0.5, 0.6) is 0 Å². The lowest BCUT2D eigenvalue weighted by molar-refractivity contribution is 0.145. The molecule has 0 spiro atoms. The molecule has 1 fully saturated rings. The van der Waals surface area contributed by atoms with Crippen molar-refractivity contribution >= 4 is 36.9 Å². The number of sulfonamides is 1. The molecule has 4 rings (SSSR count). The monoisotopic (exact) mass is 469 g/mol. The first kappa shape index (κ1) is 18.9. The number of halogens is 3. The van der Waals surface area contributed by atoms with E-state index in [0.29, 0.717) is 22.7 Å². The Balaban J connectivity index is 1.80. The van der Waals surface area contributed by atoms with Crippen LogP contribution >= 0.6 is 15.9 Å². The third-order valence-corrected chi connectivity index (χ3v) is 6.36. The van der Waals surface area contributed by atoms with Crippen LogP contribution in [-0.2, 0) is 10.0 Å². The van der Waals surface area contributed by atoms with Crippen LogP contribution in [0.2, 0.25) is 0 Å². The van der Waals surface area contributed by atoms with Crippen molar-refractivity contribution in [3.8, 4) is 17.5 Å². The van der Waals surface area contributed by atoms with Gasteiger partial charge in [-0.3, -0.25) is 0 Å². The minimum absolute atomic E-state index is 0.102. The highest BCUT2D eigenvalue weighted by molar-refractivity contribution is 9.10. The zero-order chi connectivity index (χ0) is 20.1. The minimum atomic E-state index is -3.98. The van der Waals surface area contributed by atoms with Crippen molar-refractivity contribution < 1.29 is 21.7 Å². The van der Waals surface area contributed by atoms with Crippen LogP contribution in [0, 0.1) is 11.3 Å². The second-order valence-corrected chi connectivity index (χ2v) is 8.79. The van der Waals surface area contributed by atoms with Gasteiger partial charge in [0.15, 0.2) is 5.58 Å². The highest BCUT2D eigenvalue weighted by Gasteiger charge is 2.47. The van der Waals surface area contributed by atoms with Crippen LogP contribution in [0.25, 0.3) is 22.4 Å². The van der Waals surface area contributed by atoms with Crippen LogP contribution in [0.15, 0.2) is 38.2 Å². The molecule has 1 aromatic carbocycles. The minimum Gasteiger partial charge on any atom is -0.354 e. The van der Waals surface area contributed by atoms with Crippen LogP contribution in [-0.4, -0.2) is 29.3 Å². The second kappa shape index (κ2) is 6.54. The molecular weight excluding hydrogens is 460 g/mol. The van der Waals surface area contributed by atoms with Gasteiger partial charge in [0.2, 0.25) is 10.0 Å². The Labute approximate surface area is 165 Å². The van der Waals surface area contributed by atoms with E-state index in [0.717, 1.165) is 6.07 Å². The lowest BCUT2D eigenvalue weighted by Crippen LogP contribution is -2.35. The van der Waals surface area contributed by atoms with Crippen molar-refractivity contribution in [1.29, 1.82) is 5.26 Å². The van der Waals surface area contributed by atoms with Gasteiger partial charge >= 0.3 is 0 Å². The van der Waals surface area contributed by atoms with Gasteiger partial charge in [-0.2, -0.15) is 9.98 Å². The molecule has 1 aliphatic rings. The summed E-state index contributed by atoms with van der Waals surface area (Å²) in [4.78, 5) is -0.102. The van der Waals surface area contributed by atoms with E-state index in [4.69, 9.17) is 9.78 Å². The summed E-state index contributed by atoms with van der Waals surface area (Å²) in [5.74, 6) is 0. The molecule has 1 aliphatic carbocycles. The molecule has 2 aromatic heterocycles. The van der Waals surface area contributed by atoms with Crippen molar-refractivity contribution in [2.75, 3.05) is 0 Å². The molecular formula is C16H10BrF2N5O3S. The van der Waals surface area contributed by atoms with Gasteiger partial charge in [-0.1, -0.05) is 5.16 Å².